The van der Waals surface area contributed by atoms with Crippen LogP contribution in [0.4, 0.5) is 0 Å². The van der Waals surface area contributed by atoms with Crippen molar-refractivity contribution in [1.29, 1.82) is 0 Å². The van der Waals surface area contributed by atoms with Gasteiger partial charge in [0, 0.05) is 0 Å². The molecular weight excluding hydrogens is 578 g/mol. The minimum atomic E-state index is 0. The molecule has 0 amide bonds. The molecule has 4 radical (unpaired) electrons. The molecule has 0 aliphatic carbocycles. The molecule has 0 saturated carbocycles. The Balaban J connectivity index is 0. The third-order valence-corrected chi connectivity index (χ3v) is 0. The Morgan fingerprint density at radius 2 is 0.333 bits per heavy atom. The standard InChI is InChI=1S/2Bi.2Ca.5O/q2*+3;2*+2;5*-2. The smallest absolute Gasteiger partial charge is 2.00 e. The summed E-state index contributed by atoms with van der Waals surface area (Å²) in [5, 5.41) is 0. The van der Waals surface area contributed by atoms with Crippen LogP contribution in [-0.2, 0) is 27.4 Å². The minimum Gasteiger partial charge on any atom is -2.00 e. The van der Waals surface area contributed by atoms with Gasteiger partial charge in [-0.25, -0.2) is 0 Å². The maximum absolute atomic E-state index is 0. The molecule has 0 unspecified atom stereocenters. The molecule has 0 fully saturated rings. The van der Waals surface area contributed by atoms with Crippen LogP contribution in [0, 0.1) is 0 Å². The van der Waals surface area contributed by atoms with Crippen molar-refractivity contribution in [3.8, 4) is 0 Å². The molecular formula is Bi2Ca2O5. The number of hydrogen-bond acceptors (Lipinski definition) is 0. The monoisotopic (exact) mass is 578 g/mol. The Labute approximate surface area is 152 Å². The van der Waals surface area contributed by atoms with Crippen molar-refractivity contribution in [3.05, 3.63) is 0 Å². The summed E-state index contributed by atoms with van der Waals surface area (Å²) in [7, 11) is 0. The second-order valence-corrected chi connectivity index (χ2v) is 0. The molecule has 0 bridgehead atoms. The first-order valence-corrected chi connectivity index (χ1v) is 0. The van der Waals surface area contributed by atoms with E-state index in [1.807, 2.05) is 0 Å². The van der Waals surface area contributed by atoms with E-state index in [1.54, 1.807) is 0 Å². The zero-order valence-corrected chi connectivity index (χ0v) is 15.7. The summed E-state index contributed by atoms with van der Waals surface area (Å²) < 4.78 is 0. The van der Waals surface area contributed by atoms with E-state index in [1.165, 1.54) is 0 Å². The third kappa shape index (κ3) is 73.6. The van der Waals surface area contributed by atoms with Crippen molar-refractivity contribution in [2.24, 2.45) is 0 Å². The van der Waals surface area contributed by atoms with E-state index in [2.05, 4.69) is 0 Å². The van der Waals surface area contributed by atoms with E-state index in [0.717, 1.165) is 0 Å². The van der Waals surface area contributed by atoms with Crippen LogP contribution in [0.1, 0.15) is 0 Å². The van der Waals surface area contributed by atoms with Crippen molar-refractivity contribution >= 4 is 128 Å². The van der Waals surface area contributed by atoms with Gasteiger partial charge in [-0.2, -0.15) is 0 Å². The first kappa shape index (κ1) is 115. The average Bonchev–Trinajstić information content (AvgIpc) is 0. The molecule has 9 heteroatoms. The maximum Gasteiger partial charge on any atom is 3.00 e. The van der Waals surface area contributed by atoms with Crippen LogP contribution in [-0.4, -0.2) is 128 Å². The predicted octanol–water partition coefficient (Wildman–Crippen LogP) is -2.12. The second-order valence-electron chi connectivity index (χ2n) is 0. The van der Waals surface area contributed by atoms with Crippen LogP contribution in [0.3, 0.4) is 0 Å². The topological polar surface area (TPSA) is 142 Å². The fraction of sp³-hybridized carbons (Fsp3) is 0. The summed E-state index contributed by atoms with van der Waals surface area (Å²) >= 11 is 0. The summed E-state index contributed by atoms with van der Waals surface area (Å²) in [4.78, 5) is 0. The van der Waals surface area contributed by atoms with E-state index < -0.39 is 0 Å². The SMILES string of the molecule is [Bi+3].[Bi+3].[Ca+2].[Ca+2].[O-2].[O-2].[O-2].[O-2].[O-2]. The molecule has 0 aromatic carbocycles. The zero-order valence-electron chi connectivity index (χ0n) is 4.35. The van der Waals surface area contributed by atoms with Gasteiger partial charge in [-0.15, -0.1) is 0 Å². The van der Waals surface area contributed by atoms with E-state index in [-0.39, 0.29) is 155 Å². The van der Waals surface area contributed by atoms with Crippen LogP contribution in [0.25, 0.3) is 0 Å². The number of rotatable bonds is 0. The van der Waals surface area contributed by atoms with Crippen LogP contribution in [0.2, 0.25) is 0 Å². The summed E-state index contributed by atoms with van der Waals surface area (Å²) in [6, 6.07) is 0. The van der Waals surface area contributed by atoms with Crippen molar-refractivity contribution in [1.82, 2.24) is 0 Å². The van der Waals surface area contributed by atoms with Crippen molar-refractivity contribution < 1.29 is 27.4 Å². The van der Waals surface area contributed by atoms with Crippen molar-refractivity contribution in [2.45, 2.75) is 0 Å². The number of hydrogen-bond donors (Lipinski definition) is 0. The van der Waals surface area contributed by atoms with Crippen LogP contribution >= 0.6 is 0 Å². The Bertz CT molecular complexity index is 12.9. The van der Waals surface area contributed by atoms with Gasteiger partial charge in [0.2, 0.25) is 0 Å². The van der Waals surface area contributed by atoms with Gasteiger partial charge in [-0.1, -0.05) is 0 Å². The van der Waals surface area contributed by atoms with Gasteiger partial charge < -0.3 is 27.4 Å². The molecule has 0 aromatic rings. The maximum atomic E-state index is 0. The summed E-state index contributed by atoms with van der Waals surface area (Å²) in [6.45, 7) is 0. The zero-order chi connectivity index (χ0) is 0. The fourth-order valence-electron chi connectivity index (χ4n) is 0. The second kappa shape index (κ2) is 89.0. The minimum absolute atomic E-state index is 0. The van der Waals surface area contributed by atoms with Gasteiger partial charge in [0.05, 0.1) is 0 Å². The van der Waals surface area contributed by atoms with E-state index in [4.69, 9.17) is 0 Å². The molecule has 0 heterocycles. The van der Waals surface area contributed by atoms with Crippen molar-refractivity contribution in [3.63, 3.8) is 0 Å². The Hall–Kier alpha value is 4.09. The molecule has 0 N–H and O–H groups in total. The molecule has 0 saturated heterocycles. The van der Waals surface area contributed by atoms with E-state index >= 15 is 0 Å². The van der Waals surface area contributed by atoms with Crippen LogP contribution in [0.15, 0.2) is 0 Å². The Morgan fingerprint density at radius 3 is 0.333 bits per heavy atom. The molecule has 44 valence electrons. The largest absolute Gasteiger partial charge is 3.00 e. The summed E-state index contributed by atoms with van der Waals surface area (Å²) in [5.41, 5.74) is 0. The molecule has 0 aliphatic heterocycles. The van der Waals surface area contributed by atoms with Gasteiger partial charge >= 0.3 is 128 Å². The van der Waals surface area contributed by atoms with Crippen molar-refractivity contribution in [2.75, 3.05) is 0 Å². The Morgan fingerprint density at radius 1 is 0.333 bits per heavy atom. The van der Waals surface area contributed by atoms with Gasteiger partial charge in [0.15, 0.2) is 0 Å². The molecule has 0 aromatic heterocycles. The van der Waals surface area contributed by atoms with Gasteiger partial charge in [-0.3, -0.25) is 0 Å². The van der Waals surface area contributed by atoms with E-state index in [0.29, 0.717) is 0 Å². The van der Waals surface area contributed by atoms with Gasteiger partial charge in [0.1, 0.15) is 0 Å². The van der Waals surface area contributed by atoms with Gasteiger partial charge in [-0.05, 0) is 0 Å². The molecule has 0 atom stereocenters. The fourth-order valence-corrected chi connectivity index (χ4v) is 0. The van der Waals surface area contributed by atoms with Crippen LogP contribution < -0.4 is 0 Å². The van der Waals surface area contributed by atoms with Gasteiger partial charge in [0.25, 0.3) is 0 Å². The molecule has 5 nitrogen and oxygen atoms in total. The quantitative estimate of drug-likeness (QED) is 0.290. The molecule has 0 aliphatic rings. The normalized spacial score (nSPS) is 0. The molecule has 0 spiro atoms. The van der Waals surface area contributed by atoms with Crippen LogP contribution in [0.5, 0.6) is 0 Å². The third-order valence-electron chi connectivity index (χ3n) is 0. The summed E-state index contributed by atoms with van der Waals surface area (Å²) in [6.07, 6.45) is 0. The first-order chi connectivity index (χ1) is 0. The Kier molecular flexibility index (Phi) is 1130. The predicted molar refractivity (Wildman–Crippen MR) is 26.4 cm³/mol. The van der Waals surface area contributed by atoms with E-state index in [9.17, 15) is 0 Å². The molecule has 0 rings (SSSR count). The first-order valence-electron chi connectivity index (χ1n) is 0. The summed E-state index contributed by atoms with van der Waals surface area (Å²) in [5.74, 6) is 0. The molecule has 9 heavy (non-hydrogen) atoms. The average molecular weight is 578 g/mol.